The molecule has 0 saturated carbocycles. The fourth-order valence-electron chi connectivity index (χ4n) is 0.731. The molecule has 1 aromatic heterocycles. The summed E-state index contributed by atoms with van der Waals surface area (Å²) < 4.78 is 3.89. The van der Waals surface area contributed by atoms with Gasteiger partial charge in [0.25, 0.3) is 0 Å². The molecule has 0 atom stereocenters. The molecule has 0 aliphatic rings. The molecular formula is C9H8NW-. The molecule has 11 heavy (non-hydrogen) atoms. The number of allylic oxidation sites excluding steroid dienone is 3. The Morgan fingerprint density at radius 3 is 2.55 bits per heavy atom. The van der Waals surface area contributed by atoms with E-state index < -0.39 is 0 Å². The standard InChI is InChI=1S/C9H8N.W/c1-3-6-9(2)10-7-4-5-8-10;/h1-8H;/q-1;/b6-3-;. The molecule has 0 amide bonds. The third-order valence-corrected chi connectivity index (χ3v) is 1.81. The van der Waals surface area contributed by atoms with E-state index in [2.05, 4.69) is 0 Å². The number of rotatable bonds is 3. The van der Waals surface area contributed by atoms with Crippen LogP contribution in [0.3, 0.4) is 0 Å². The Morgan fingerprint density at radius 2 is 2.00 bits per heavy atom. The molecule has 0 aliphatic carbocycles. The molecular weight excluding hydrogens is 306 g/mol. The van der Waals surface area contributed by atoms with Crippen molar-refractivity contribution in [3.8, 4) is 0 Å². The zero-order chi connectivity index (χ0) is 8.10. The maximum absolute atomic E-state index is 5.71. The van der Waals surface area contributed by atoms with Gasteiger partial charge in [0.15, 0.2) is 0 Å². The first-order valence-electron chi connectivity index (χ1n) is 3.22. The molecule has 1 heterocycles. The Hall–Kier alpha value is -0.682. The monoisotopic (exact) mass is 314 g/mol. The Morgan fingerprint density at radius 1 is 1.36 bits per heavy atom. The van der Waals surface area contributed by atoms with E-state index in [1.54, 1.807) is 0 Å². The van der Waals surface area contributed by atoms with Gasteiger partial charge in [-0.2, -0.15) is 0 Å². The second-order valence-electron chi connectivity index (χ2n) is 2.01. The summed E-state index contributed by atoms with van der Waals surface area (Å²) in [7, 11) is 0. The van der Waals surface area contributed by atoms with Crippen molar-refractivity contribution in [1.82, 2.24) is 4.57 Å². The molecule has 1 rings (SSSR count). The topological polar surface area (TPSA) is 4.93 Å². The molecule has 0 aliphatic heterocycles. The quantitative estimate of drug-likeness (QED) is 0.591. The van der Waals surface area contributed by atoms with E-state index in [4.69, 9.17) is 6.58 Å². The summed E-state index contributed by atoms with van der Waals surface area (Å²) in [5.41, 5.74) is 0.743. The van der Waals surface area contributed by atoms with Gasteiger partial charge in [-0.1, -0.05) is 0 Å². The predicted molar refractivity (Wildman–Crippen MR) is 43.6 cm³/mol. The van der Waals surface area contributed by atoms with Crippen LogP contribution in [0.15, 0.2) is 36.7 Å². The van der Waals surface area contributed by atoms with Crippen LogP contribution in [0.4, 0.5) is 0 Å². The van der Waals surface area contributed by atoms with E-state index in [-0.39, 0.29) is 0 Å². The number of hydrogen-bond acceptors (Lipinski definition) is 0. The van der Waals surface area contributed by atoms with E-state index in [0.717, 1.165) is 5.70 Å². The second kappa shape index (κ2) is 4.25. The van der Waals surface area contributed by atoms with Crippen molar-refractivity contribution in [2.45, 2.75) is 0 Å². The summed E-state index contributed by atoms with van der Waals surface area (Å²) in [5, 5.41) is 0. The van der Waals surface area contributed by atoms with Gasteiger partial charge in [0, 0.05) is 0 Å². The van der Waals surface area contributed by atoms with Gasteiger partial charge in [-0.15, -0.1) is 0 Å². The molecule has 0 spiro atoms. The van der Waals surface area contributed by atoms with E-state index in [1.165, 1.54) is 19.4 Å². The number of aromatic nitrogens is 1. The van der Waals surface area contributed by atoms with Crippen LogP contribution in [0.2, 0.25) is 0 Å². The van der Waals surface area contributed by atoms with Crippen molar-refractivity contribution in [1.29, 1.82) is 0 Å². The fraction of sp³-hybridized carbons (Fsp3) is 0. The number of nitrogens with zero attached hydrogens (tertiary/aromatic N) is 1. The molecule has 0 aromatic carbocycles. The second-order valence-corrected chi connectivity index (χ2v) is 2.99. The first-order chi connectivity index (χ1) is 5.34. The Balaban J connectivity index is 2.71. The van der Waals surface area contributed by atoms with Gasteiger partial charge < -0.3 is 0 Å². The minimum absolute atomic E-state index is 0.743. The van der Waals surface area contributed by atoms with Crippen molar-refractivity contribution in [2.24, 2.45) is 0 Å². The SMILES string of the molecule is [CH-]=C(/C=C\[CH]=[W])n1cccc1. The third kappa shape index (κ3) is 2.43. The van der Waals surface area contributed by atoms with Gasteiger partial charge in [0.05, 0.1) is 0 Å². The first kappa shape index (κ1) is 8.42. The average Bonchev–Trinajstić information content (AvgIpc) is 2.52. The van der Waals surface area contributed by atoms with Crippen molar-refractivity contribution in [2.75, 3.05) is 0 Å². The normalized spacial score (nSPS) is 10.2. The summed E-state index contributed by atoms with van der Waals surface area (Å²) in [6, 6.07) is 3.89. The van der Waals surface area contributed by atoms with Crippen LogP contribution in [-0.2, 0) is 19.4 Å². The molecule has 1 nitrogen and oxygen atoms in total. The van der Waals surface area contributed by atoms with Gasteiger partial charge in [0.1, 0.15) is 0 Å². The van der Waals surface area contributed by atoms with Crippen LogP contribution in [0.5, 0.6) is 0 Å². The zero-order valence-electron chi connectivity index (χ0n) is 5.97. The van der Waals surface area contributed by atoms with Crippen molar-refractivity contribution < 1.29 is 19.4 Å². The minimum atomic E-state index is 0.743. The molecule has 1 aromatic rings. The number of hydrogen-bond donors (Lipinski definition) is 0. The van der Waals surface area contributed by atoms with Crippen LogP contribution >= 0.6 is 0 Å². The molecule has 0 bridgehead atoms. The van der Waals surface area contributed by atoms with E-state index >= 15 is 0 Å². The molecule has 56 valence electrons. The molecule has 0 radical (unpaired) electrons. The van der Waals surface area contributed by atoms with Gasteiger partial charge >= 0.3 is 77.3 Å². The molecule has 0 saturated heterocycles. The Bertz CT molecular complexity index is 270. The molecule has 0 fully saturated rings. The van der Waals surface area contributed by atoms with Gasteiger partial charge in [-0.3, -0.25) is 0 Å². The van der Waals surface area contributed by atoms with Crippen LogP contribution in [0.25, 0.3) is 5.70 Å². The summed E-state index contributed by atoms with van der Waals surface area (Å²) in [5.74, 6) is 0. The first-order valence-corrected chi connectivity index (χ1v) is 4.91. The van der Waals surface area contributed by atoms with Gasteiger partial charge in [-0.05, 0) is 0 Å². The Labute approximate surface area is 77.4 Å². The Kier molecular flexibility index (Phi) is 3.25. The van der Waals surface area contributed by atoms with E-state index in [0.29, 0.717) is 0 Å². The van der Waals surface area contributed by atoms with Crippen LogP contribution in [0.1, 0.15) is 0 Å². The van der Waals surface area contributed by atoms with Crippen LogP contribution in [0, 0.1) is 6.58 Å². The van der Waals surface area contributed by atoms with E-state index in [9.17, 15) is 0 Å². The van der Waals surface area contributed by atoms with Gasteiger partial charge in [0.2, 0.25) is 0 Å². The molecule has 0 unspecified atom stereocenters. The third-order valence-electron chi connectivity index (χ3n) is 1.25. The maximum atomic E-state index is 5.71. The summed E-state index contributed by atoms with van der Waals surface area (Å²) in [6.07, 6.45) is 7.67. The summed E-state index contributed by atoms with van der Waals surface area (Å²) in [4.78, 5) is 0. The predicted octanol–water partition coefficient (Wildman–Crippen LogP) is 1.67. The van der Waals surface area contributed by atoms with Crippen molar-refractivity contribution in [3.05, 3.63) is 43.3 Å². The summed E-state index contributed by atoms with van der Waals surface area (Å²) in [6.45, 7) is 5.71. The average molecular weight is 314 g/mol. The summed E-state index contributed by atoms with van der Waals surface area (Å²) >= 11 is 1.43. The van der Waals surface area contributed by atoms with Crippen molar-refractivity contribution in [3.63, 3.8) is 0 Å². The molecule has 2 heteroatoms. The molecule has 0 N–H and O–H groups in total. The zero-order valence-corrected chi connectivity index (χ0v) is 8.91. The van der Waals surface area contributed by atoms with E-state index in [1.807, 2.05) is 45.6 Å². The van der Waals surface area contributed by atoms with Crippen LogP contribution < -0.4 is 0 Å². The van der Waals surface area contributed by atoms with Crippen molar-refractivity contribution >= 4 is 10.1 Å². The fourth-order valence-corrected chi connectivity index (χ4v) is 1.01. The van der Waals surface area contributed by atoms with Gasteiger partial charge in [-0.25, -0.2) is 0 Å². The van der Waals surface area contributed by atoms with Crippen LogP contribution in [-0.4, -0.2) is 8.97 Å².